The third-order valence-electron chi connectivity index (χ3n) is 2.66. The highest BCUT2D eigenvalue weighted by molar-refractivity contribution is 5.24. The van der Waals surface area contributed by atoms with Gasteiger partial charge in [0.2, 0.25) is 5.88 Å². The van der Waals surface area contributed by atoms with Crippen LogP contribution in [0.3, 0.4) is 0 Å². The first kappa shape index (κ1) is 16.9. The first-order chi connectivity index (χ1) is 9.47. The lowest BCUT2D eigenvalue weighted by atomic mass is 10.2. The van der Waals surface area contributed by atoms with Gasteiger partial charge in [-0.25, -0.2) is 4.98 Å². The van der Waals surface area contributed by atoms with Crippen molar-refractivity contribution in [3.05, 3.63) is 23.4 Å². The van der Waals surface area contributed by atoms with Crippen LogP contribution in [0.4, 0.5) is 0 Å². The van der Waals surface area contributed by atoms with Crippen molar-refractivity contribution in [2.75, 3.05) is 19.8 Å². The molecule has 0 radical (unpaired) electrons. The van der Waals surface area contributed by atoms with Crippen molar-refractivity contribution >= 4 is 0 Å². The minimum atomic E-state index is 0.236. The fourth-order valence-corrected chi connectivity index (χ4v) is 1.82. The summed E-state index contributed by atoms with van der Waals surface area (Å²) >= 11 is 0. The average molecular weight is 280 g/mol. The van der Waals surface area contributed by atoms with E-state index in [4.69, 9.17) is 9.47 Å². The molecular weight excluding hydrogens is 252 g/mol. The van der Waals surface area contributed by atoms with E-state index in [1.54, 1.807) is 0 Å². The average Bonchev–Trinajstić information content (AvgIpc) is 2.33. The fourth-order valence-electron chi connectivity index (χ4n) is 1.82. The number of hydrogen-bond acceptors (Lipinski definition) is 4. The highest BCUT2D eigenvalue weighted by Gasteiger charge is 2.03. The summed E-state index contributed by atoms with van der Waals surface area (Å²) in [6.45, 7) is 13.4. The van der Waals surface area contributed by atoms with Gasteiger partial charge in [0, 0.05) is 18.3 Å². The molecule has 1 N–H and O–H groups in total. The van der Waals surface area contributed by atoms with Crippen LogP contribution < -0.4 is 10.1 Å². The van der Waals surface area contributed by atoms with Crippen molar-refractivity contribution in [1.82, 2.24) is 10.3 Å². The van der Waals surface area contributed by atoms with Crippen LogP contribution in [0.25, 0.3) is 0 Å². The van der Waals surface area contributed by atoms with Crippen LogP contribution in [-0.2, 0) is 11.3 Å². The zero-order valence-corrected chi connectivity index (χ0v) is 13.4. The van der Waals surface area contributed by atoms with Gasteiger partial charge in [-0.15, -0.1) is 0 Å². The smallest absolute Gasteiger partial charge is 0.213 e. The summed E-state index contributed by atoms with van der Waals surface area (Å²) in [5, 5.41) is 3.43. The van der Waals surface area contributed by atoms with Gasteiger partial charge >= 0.3 is 0 Å². The molecule has 0 bridgehead atoms. The topological polar surface area (TPSA) is 43.4 Å². The third kappa shape index (κ3) is 7.46. The Kier molecular flexibility index (Phi) is 7.55. The Morgan fingerprint density at radius 3 is 2.55 bits per heavy atom. The summed E-state index contributed by atoms with van der Waals surface area (Å²) in [5.41, 5.74) is 2.19. The number of hydrogen-bond donors (Lipinski definition) is 1. The molecular formula is C16H28N2O2. The van der Waals surface area contributed by atoms with Gasteiger partial charge in [0.15, 0.2) is 0 Å². The van der Waals surface area contributed by atoms with E-state index in [0.29, 0.717) is 25.0 Å². The lowest BCUT2D eigenvalue weighted by molar-refractivity contribution is 0.0542. The maximum Gasteiger partial charge on any atom is 0.213 e. The van der Waals surface area contributed by atoms with E-state index < -0.39 is 0 Å². The molecule has 0 saturated heterocycles. The van der Waals surface area contributed by atoms with Gasteiger partial charge in [-0.3, -0.25) is 0 Å². The van der Waals surface area contributed by atoms with Crippen molar-refractivity contribution < 1.29 is 9.47 Å². The summed E-state index contributed by atoms with van der Waals surface area (Å²) in [6.07, 6.45) is 0.236. The van der Waals surface area contributed by atoms with Gasteiger partial charge in [0.25, 0.3) is 0 Å². The number of nitrogens with zero attached hydrogens (tertiary/aromatic N) is 1. The molecule has 0 saturated carbocycles. The van der Waals surface area contributed by atoms with Crippen LogP contribution in [0.5, 0.6) is 5.88 Å². The SMILES string of the molecule is Cc1cc(CNCC(C)C)cc(OCCOC(C)C)n1. The van der Waals surface area contributed by atoms with Crippen molar-refractivity contribution in [3.8, 4) is 5.88 Å². The number of aromatic nitrogens is 1. The molecule has 0 aliphatic carbocycles. The highest BCUT2D eigenvalue weighted by Crippen LogP contribution is 2.12. The third-order valence-corrected chi connectivity index (χ3v) is 2.66. The molecule has 20 heavy (non-hydrogen) atoms. The molecule has 1 rings (SSSR count). The van der Waals surface area contributed by atoms with Crippen LogP contribution in [-0.4, -0.2) is 30.8 Å². The van der Waals surface area contributed by atoms with Gasteiger partial charge in [-0.05, 0) is 44.9 Å². The monoisotopic (exact) mass is 280 g/mol. The first-order valence-electron chi connectivity index (χ1n) is 7.40. The second kappa shape index (κ2) is 8.93. The van der Waals surface area contributed by atoms with E-state index in [-0.39, 0.29) is 6.10 Å². The van der Waals surface area contributed by atoms with E-state index in [2.05, 4.69) is 30.2 Å². The lowest BCUT2D eigenvalue weighted by Gasteiger charge is -2.11. The van der Waals surface area contributed by atoms with E-state index >= 15 is 0 Å². The van der Waals surface area contributed by atoms with Crippen molar-refractivity contribution in [3.63, 3.8) is 0 Å². The maximum atomic E-state index is 5.64. The van der Waals surface area contributed by atoms with E-state index in [1.807, 2.05) is 26.8 Å². The molecule has 1 heterocycles. The first-order valence-corrected chi connectivity index (χ1v) is 7.40. The van der Waals surface area contributed by atoms with Gasteiger partial charge in [-0.1, -0.05) is 13.8 Å². The maximum absolute atomic E-state index is 5.64. The molecule has 4 nitrogen and oxygen atoms in total. The Bertz CT molecular complexity index is 392. The Labute approximate surface area is 122 Å². The summed E-state index contributed by atoms with van der Waals surface area (Å²) < 4.78 is 11.1. The van der Waals surface area contributed by atoms with Crippen molar-refractivity contribution in [2.24, 2.45) is 5.92 Å². The lowest BCUT2D eigenvalue weighted by Crippen LogP contribution is -2.19. The van der Waals surface area contributed by atoms with Crippen molar-refractivity contribution in [1.29, 1.82) is 0 Å². The molecule has 4 heteroatoms. The minimum absolute atomic E-state index is 0.236. The molecule has 1 aromatic heterocycles. The number of aryl methyl sites for hydroxylation is 1. The highest BCUT2D eigenvalue weighted by atomic mass is 16.5. The van der Waals surface area contributed by atoms with Gasteiger partial charge in [0.05, 0.1) is 12.7 Å². The van der Waals surface area contributed by atoms with Crippen LogP contribution in [0.1, 0.15) is 39.0 Å². The second-order valence-electron chi connectivity index (χ2n) is 5.75. The number of ether oxygens (including phenoxy) is 2. The Hall–Kier alpha value is -1.13. The second-order valence-corrected chi connectivity index (χ2v) is 5.75. The van der Waals surface area contributed by atoms with E-state index in [1.165, 1.54) is 5.56 Å². The molecule has 0 unspecified atom stereocenters. The zero-order chi connectivity index (χ0) is 15.0. The molecule has 114 valence electrons. The van der Waals surface area contributed by atoms with E-state index in [0.717, 1.165) is 18.8 Å². The number of pyridine rings is 1. The number of rotatable bonds is 9. The molecule has 0 aliphatic rings. The minimum Gasteiger partial charge on any atom is -0.475 e. The number of nitrogens with one attached hydrogen (secondary N) is 1. The molecule has 1 aromatic rings. The molecule has 0 spiro atoms. The summed E-state index contributed by atoms with van der Waals surface area (Å²) in [5.74, 6) is 1.33. The quantitative estimate of drug-likeness (QED) is 0.706. The normalized spacial score (nSPS) is 11.3. The largest absolute Gasteiger partial charge is 0.475 e. The molecule has 0 amide bonds. The zero-order valence-electron chi connectivity index (χ0n) is 13.4. The van der Waals surface area contributed by atoms with Crippen LogP contribution in [0.15, 0.2) is 12.1 Å². The molecule has 0 aliphatic heterocycles. The van der Waals surface area contributed by atoms with E-state index in [9.17, 15) is 0 Å². The summed E-state index contributed by atoms with van der Waals surface area (Å²) in [6, 6.07) is 4.08. The van der Waals surface area contributed by atoms with Crippen LogP contribution >= 0.6 is 0 Å². The summed E-state index contributed by atoms with van der Waals surface area (Å²) in [4.78, 5) is 4.39. The van der Waals surface area contributed by atoms with Crippen LogP contribution in [0.2, 0.25) is 0 Å². The standard InChI is InChI=1S/C16H28N2O2/c1-12(2)10-17-11-15-8-14(5)18-16(9-15)20-7-6-19-13(3)4/h8-9,12-13,17H,6-7,10-11H2,1-5H3. The predicted molar refractivity (Wildman–Crippen MR) is 82.1 cm³/mol. The van der Waals surface area contributed by atoms with Crippen molar-refractivity contribution in [2.45, 2.75) is 47.3 Å². The Morgan fingerprint density at radius 1 is 1.15 bits per heavy atom. The molecule has 0 aromatic carbocycles. The van der Waals surface area contributed by atoms with Gasteiger partial charge in [-0.2, -0.15) is 0 Å². The molecule has 0 fully saturated rings. The van der Waals surface area contributed by atoms with Gasteiger partial charge in [0.1, 0.15) is 6.61 Å². The van der Waals surface area contributed by atoms with Gasteiger partial charge < -0.3 is 14.8 Å². The Balaban J connectivity index is 2.44. The Morgan fingerprint density at radius 2 is 1.90 bits per heavy atom. The van der Waals surface area contributed by atoms with Crippen LogP contribution in [0, 0.1) is 12.8 Å². The predicted octanol–water partition coefficient (Wildman–Crippen LogP) is 2.94. The fraction of sp³-hybridized carbons (Fsp3) is 0.688. The summed E-state index contributed by atoms with van der Waals surface area (Å²) in [7, 11) is 0. The molecule has 0 atom stereocenters.